The van der Waals surface area contributed by atoms with E-state index in [4.69, 9.17) is 56.8 Å². The largest absolute Gasteiger partial charge is 0.477 e. The Bertz CT molecular complexity index is 2150. The molecule has 3 amide bonds. The number of carbonyl (C=O) groups is 4. The van der Waals surface area contributed by atoms with Gasteiger partial charge in [-0.15, -0.1) is 0 Å². The zero-order valence-electron chi connectivity index (χ0n) is 45.8. The third-order valence-corrected chi connectivity index (χ3v) is 15.2. The maximum Gasteiger partial charge on any atom is 0.364 e. The molecule has 6 heterocycles. The van der Waals surface area contributed by atoms with Gasteiger partial charge in [-0.3, -0.25) is 14.4 Å². The average molecular weight is 1260 g/mol. The molecule has 6 saturated heterocycles. The van der Waals surface area contributed by atoms with E-state index in [0.717, 1.165) is 13.8 Å². The zero-order chi connectivity index (χ0) is 63.8. The molecule has 0 radical (unpaired) electrons. The summed E-state index contributed by atoms with van der Waals surface area (Å²) >= 11 is 0. The van der Waals surface area contributed by atoms with Crippen LogP contribution in [-0.4, -0.2) is 375 Å². The summed E-state index contributed by atoms with van der Waals surface area (Å²) in [6, 6.07) is -4.49. The Morgan fingerprint density at radius 2 is 0.988 bits per heavy atom. The van der Waals surface area contributed by atoms with Crippen molar-refractivity contribution >= 4 is 24.2 Å². The second-order valence-corrected chi connectivity index (χ2v) is 21.2. The molecule has 0 aromatic carbocycles. The number of carboxylic acid groups (broad SMARTS) is 1. The maximum absolute atomic E-state index is 12.9. The first-order valence-electron chi connectivity index (χ1n) is 27.0. The fourth-order valence-corrected chi connectivity index (χ4v) is 10.5. The molecular formula is C47H79N3O36. The van der Waals surface area contributed by atoms with Gasteiger partial charge in [0.1, 0.15) is 140 Å². The molecule has 0 unspecified atom stereocenters. The molecule has 6 fully saturated rings. The topological polar surface area (TPSA) is 620 Å². The third kappa shape index (κ3) is 16.0. The van der Waals surface area contributed by atoms with Crippen molar-refractivity contribution in [2.24, 2.45) is 0 Å². The van der Waals surface area contributed by atoms with Gasteiger partial charge in [-0.1, -0.05) is 0 Å². The number of aliphatic carboxylic acids is 1. The van der Waals surface area contributed by atoms with Gasteiger partial charge in [0.05, 0.1) is 71.0 Å². The van der Waals surface area contributed by atoms with E-state index in [1.165, 1.54) is 0 Å². The van der Waals surface area contributed by atoms with Crippen LogP contribution < -0.4 is 16.0 Å². The number of carbonyl (C=O) groups excluding carboxylic acids is 3. The first kappa shape index (κ1) is 71.7. The molecule has 0 spiro atoms. The van der Waals surface area contributed by atoms with E-state index in [-0.39, 0.29) is 6.41 Å². The van der Waals surface area contributed by atoms with Crippen LogP contribution in [0.3, 0.4) is 0 Å². The van der Waals surface area contributed by atoms with E-state index in [2.05, 4.69) is 16.0 Å². The molecule has 0 saturated carbocycles. The lowest BCUT2D eigenvalue weighted by atomic mass is 9.88. The molecule has 39 nitrogen and oxygen atoms in total. The smallest absolute Gasteiger partial charge is 0.364 e. The Balaban J connectivity index is 1.19. The van der Waals surface area contributed by atoms with E-state index in [9.17, 15) is 121 Å². The SMILES string of the molecule is CC(=O)N[C@H]1[C@H](O[C@H]2[C@@H](O)[C@@H](CO)O[C@H](O[C@@H]3[C@H](O)[C@@H](O)[C@H](O[C@H]4[C@H](O)[C@@H](O)[C@H](OC[C@@H](CO)NC=O)O[C@@H]4CO)O[C@@H]3CO)[C@@H]2O)O[C@H](CO)[C@H](O)[C@@H]1O[C@@H]1O[C@H](CO[C@]2(C(=O)O)C[C@H](O)[C@@H](NC(C)=O)[C@H]([C@H](O)[C@H](O)CO)O2)[C@H](O)[C@H](O)[C@H]1O. The highest BCUT2D eigenvalue weighted by Gasteiger charge is 2.60. The van der Waals surface area contributed by atoms with Gasteiger partial charge >= 0.3 is 5.97 Å². The molecule has 6 rings (SSSR count). The maximum atomic E-state index is 12.9. The van der Waals surface area contributed by atoms with Crippen LogP contribution >= 0.6 is 0 Å². The first-order valence-corrected chi connectivity index (χ1v) is 27.0. The molecular weight excluding hydrogens is 1180 g/mol. The number of carboxylic acids is 1. The molecule has 32 atom stereocenters. The van der Waals surface area contributed by atoms with Crippen molar-refractivity contribution in [1.29, 1.82) is 0 Å². The highest BCUT2D eigenvalue weighted by molar-refractivity contribution is 5.76. The number of hydrogen-bond acceptors (Lipinski definition) is 35. The minimum absolute atomic E-state index is 0.267. The summed E-state index contributed by atoms with van der Waals surface area (Å²) in [6.07, 6.45) is -57.6. The summed E-state index contributed by atoms with van der Waals surface area (Å²) in [6.45, 7) is -5.57. The van der Waals surface area contributed by atoms with Crippen molar-refractivity contribution in [3.63, 3.8) is 0 Å². The van der Waals surface area contributed by atoms with Crippen LogP contribution in [0.15, 0.2) is 0 Å². The van der Waals surface area contributed by atoms with Gasteiger partial charge in [-0.25, -0.2) is 4.79 Å². The van der Waals surface area contributed by atoms with Crippen molar-refractivity contribution in [2.75, 3.05) is 52.9 Å². The molecule has 0 aliphatic carbocycles. The van der Waals surface area contributed by atoms with Crippen LogP contribution in [0.5, 0.6) is 0 Å². The molecule has 0 aromatic rings. The quantitative estimate of drug-likeness (QED) is 0.0340. The van der Waals surface area contributed by atoms with E-state index in [0.29, 0.717) is 0 Å². The van der Waals surface area contributed by atoms with E-state index < -0.39 is 273 Å². The first-order chi connectivity index (χ1) is 40.6. The van der Waals surface area contributed by atoms with Crippen molar-refractivity contribution in [1.82, 2.24) is 16.0 Å². The van der Waals surface area contributed by atoms with Crippen LogP contribution in [0.25, 0.3) is 0 Å². The van der Waals surface area contributed by atoms with Gasteiger partial charge in [-0.05, 0) is 0 Å². The molecule has 0 aromatic heterocycles. The average Bonchev–Trinajstić information content (AvgIpc) is 0.845. The number of rotatable bonds is 27. The number of nitrogens with one attached hydrogen (secondary N) is 3. The van der Waals surface area contributed by atoms with Gasteiger partial charge in [-0.2, -0.15) is 0 Å². The van der Waals surface area contributed by atoms with Crippen molar-refractivity contribution < 1.29 is 178 Å². The number of amides is 3. The lowest BCUT2D eigenvalue weighted by Crippen LogP contribution is -2.70. The van der Waals surface area contributed by atoms with Gasteiger partial charge in [0, 0.05) is 20.3 Å². The Morgan fingerprint density at radius 1 is 0.535 bits per heavy atom. The zero-order valence-corrected chi connectivity index (χ0v) is 45.8. The summed E-state index contributed by atoms with van der Waals surface area (Å²) in [7, 11) is 0. The minimum atomic E-state index is -3.02. The molecule has 86 heavy (non-hydrogen) atoms. The van der Waals surface area contributed by atoms with E-state index in [1.54, 1.807) is 0 Å². The number of ether oxygens (including phenoxy) is 12. The van der Waals surface area contributed by atoms with Crippen LogP contribution in [0.2, 0.25) is 0 Å². The summed E-state index contributed by atoms with van der Waals surface area (Å²) in [5.74, 6) is -6.76. The summed E-state index contributed by atoms with van der Waals surface area (Å²) in [5.41, 5.74) is 0. The van der Waals surface area contributed by atoms with Gasteiger partial charge in [0.15, 0.2) is 31.5 Å². The molecule has 6 aliphatic heterocycles. The van der Waals surface area contributed by atoms with Gasteiger partial charge in [0.2, 0.25) is 18.2 Å². The highest BCUT2D eigenvalue weighted by Crippen LogP contribution is 2.38. The fraction of sp³-hybridized carbons (Fsp3) is 0.915. The monoisotopic (exact) mass is 1260 g/mol. The Kier molecular flexibility index (Phi) is 26.3. The molecule has 498 valence electrons. The number of aliphatic hydroxyl groups is 19. The van der Waals surface area contributed by atoms with Crippen LogP contribution in [0.4, 0.5) is 0 Å². The predicted molar refractivity (Wildman–Crippen MR) is 263 cm³/mol. The Hall–Kier alpha value is -3.36. The summed E-state index contributed by atoms with van der Waals surface area (Å²) in [5, 5.41) is 222. The Labute approximate surface area is 486 Å². The lowest BCUT2D eigenvalue weighted by molar-refractivity contribution is -0.389. The second kappa shape index (κ2) is 31.6. The van der Waals surface area contributed by atoms with E-state index in [1.807, 2.05) is 0 Å². The minimum Gasteiger partial charge on any atom is -0.477 e. The molecule has 6 aliphatic rings. The highest BCUT2D eigenvalue weighted by atomic mass is 16.8. The van der Waals surface area contributed by atoms with Crippen molar-refractivity contribution in [2.45, 2.75) is 216 Å². The van der Waals surface area contributed by atoms with Gasteiger partial charge in [0.25, 0.3) is 5.79 Å². The number of hydrogen-bond donors (Lipinski definition) is 23. The Morgan fingerprint density at radius 3 is 1.50 bits per heavy atom. The van der Waals surface area contributed by atoms with Gasteiger partial charge < -0.3 is 175 Å². The van der Waals surface area contributed by atoms with Crippen molar-refractivity contribution in [3.05, 3.63) is 0 Å². The fourth-order valence-electron chi connectivity index (χ4n) is 10.5. The molecule has 23 N–H and O–H groups in total. The third-order valence-electron chi connectivity index (χ3n) is 15.2. The van der Waals surface area contributed by atoms with Crippen molar-refractivity contribution in [3.8, 4) is 0 Å². The van der Waals surface area contributed by atoms with Crippen LogP contribution in [0, 0.1) is 0 Å². The standard InChI is InChI=1S/C47H79N3O36/c1-13(58)49-23-16(60)3-47(46(73)74,86-39(23)25(62)17(61)5-52)76-11-22-26(63)29(66)32(69)43(81-22)84-38-24(50-14(2)59)41(77-18(6-53)27(38)64)85-40-28(65)19(7-54)78-45(35(40)72)83-37-21(9-56)80-44(34(71)31(37)68)82-36-20(8-55)79-42(33(70)30(36)67)75-10-15(4-51)48-12-57/h12,15-45,51-56,60-72H,3-11H2,1-2H3,(H,48,57)(H,49,58)(H,50,59)(H,73,74)/t15-,16+,17-,18-,19-,20-,21-,22-,23-,24-,25-,26+,27+,28+,29+,30-,31-,32-,33-,34-,35-,36-,37+,38-,39-,40+,41+,42-,43+,44+,45-,47-/m1/s1. The lowest BCUT2D eigenvalue weighted by Gasteiger charge is -2.50. The van der Waals surface area contributed by atoms with Crippen LogP contribution in [0.1, 0.15) is 20.3 Å². The molecule has 0 bridgehead atoms. The molecule has 39 heteroatoms. The number of aliphatic hydroxyl groups excluding tert-OH is 19. The summed E-state index contributed by atoms with van der Waals surface area (Å²) in [4.78, 5) is 48.5. The predicted octanol–water partition coefficient (Wildman–Crippen LogP) is -15.5. The van der Waals surface area contributed by atoms with Crippen LogP contribution in [-0.2, 0) is 76.0 Å². The van der Waals surface area contributed by atoms with E-state index >= 15 is 0 Å². The second-order valence-electron chi connectivity index (χ2n) is 21.2. The normalized spacial score (nSPS) is 45.0. The summed E-state index contributed by atoms with van der Waals surface area (Å²) < 4.78 is 68.2.